The van der Waals surface area contributed by atoms with Crippen LogP contribution in [-0.4, -0.2) is 19.3 Å². The molecule has 0 amide bonds. The van der Waals surface area contributed by atoms with Crippen LogP contribution in [0, 0.1) is 5.82 Å². The van der Waals surface area contributed by atoms with Crippen molar-refractivity contribution in [1.82, 2.24) is 5.32 Å². The fourth-order valence-corrected chi connectivity index (χ4v) is 3.52. The molecule has 2 nitrogen and oxygen atoms in total. The third kappa shape index (κ3) is 5.35. The molecule has 1 aliphatic heterocycles. The molecule has 1 heterocycles. The first kappa shape index (κ1) is 16.9. The molecule has 1 saturated heterocycles. The summed E-state index contributed by atoms with van der Waals surface area (Å²) in [6.45, 7) is 4.07. The number of ether oxygens (including phenoxy) is 1. The number of halogens is 2. The predicted molar refractivity (Wildman–Crippen MR) is 88.0 cm³/mol. The first-order chi connectivity index (χ1) is 10.2. The Morgan fingerprint density at radius 1 is 1.48 bits per heavy atom. The Hall–Kier alpha value is -0.450. The lowest BCUT2D eigenvalue weighted by atomic mass is 9.99. The summed E-state index contributed by atoms with van der Waals surface area (Å²) >= 11 is 3.49. The van der Waals surface area contributed by atoms with E-state index in [2.05, 4.69) is 28.2 Å². The number of rotatable bonds is 8. The summed E-state index contributed by atoms with van der Waals surface area (Å²) in [4.78, 5) is 0. The van der Waals surface area contributed by atoms with Crippen LogP contribution < -0.4 is 5.32 Å². The van der Waals surface area contributed by atoms with Crippen LogP contribution in [0.4, 0.5) is 4.39 Å². The van der Waals surface area contributed by atoms with Crippen molar-refractivity contribution in [3.63, 3.8) is 0 Å². The van der Waals surface area contributed by atoms with Gasteiger partial charge < -0.3 is 10.1 Å². The Morgan fingerprint density at radius 3 is 3.00 bits per heavy atom. The monoisotopic (exact) mass is 357 g/mol. The maximum atomic E-state index is 13.3. The summed E-state index contributed by atoms with van der Waals surface area (Å²) < 4.78 is 19.8. The third-order valence-electron chi connectivity index (χ3n) is 4.02. The molecule has 2 rings (SSSR count). The van der Waals surface area contributed by atoms with Crippen molar-refractivity contribution < 1.29 is 9.13 Å². The Bertz CT molecular complexity index is 435. The zero-order valence-electron chi connectivity index (χ0n) is 12.7. The topological polar surface area (TPSA) is 21.3 Å². The molecule has 4 heteroatoms. The van der Waals surface area contributed by atoms with Crippen LogP contribution in [0.3, 0.4) is 0 Å². The van der Waals surface area contributed by atoms with Gasteiger partial charge in [0.2, 0.25) is 0 Å². The molecule has 21 heavy (non-hydrogen) atoms. The lowest BCUT2D eigenvalue weighted by molar-refractivity contribution is 0.101. The minimum absolute atomic E-state index is 0.195. The van der Waals surface area contributed by atoms with Gasteiger partial charge in [-0.2, -0.15) is 0 Å². The predicted octanol–water partition coefficient (Wildman–Crippen LogP) is 4.98. The van der Waals surface area contributed by atoms with Crippen LogP contribution in [0.5, 0.6) is 0 Å². The van der Waals surface area contributed by atoms with Crippen molar-refractivity contribution in [2.45, 2.75) is 57.6 Å². The molecule has 1 aliphatic rings. The van der Waals surface area contributed by atoms with Gasteiger partial charge in [0.15, 0.2) is 0 Å². The van der Waals surface area contributed by atoms with Gasteiger partial charge in [-0.25, -0.2) is 4.39 Å². The number of hydrogen-bond acceptors (Lipinski definition) is 2. The Morgan fingerprint density at radius 2 is 2.33 bits per heavy atom. The molecule has 118 valence electrons. The average Bonchev–Trinajstić information content (AvgIpc) is 2.96. The van der Waals surface area contributed by atoms with Gasteiger partial charge in [-0.3, -0.25) is 0 Å². The SMILES string of the molecule is CCCNC(CCCC1CCCO1)c1ccc(F)cc1Br. The average molecular weight is 358 g/mol. The molecular formula is C17H25BrFNO. The molecule has 0 aromatic heterocycles. The van der Waals surface area contributed by atoms with Crippen molar-refractivity contribution in [1.29, 1.82) is 0 Å². The third-order valence-corrected chi connectivity index (χ3v) is 4.71. The van der Waals surface area contributed by atoms with E-state index in [0.717, 1.165) is 48.9 Å². The van der Waals surface area contributed by atoms with E-state index in [1.807, 2.05) is 6.07 Å². The lowest BCUT2D eigenvalue weighted by Gasteiger charge is -2.21. The second kappa shape index (κ2) is 8.86. The lowest BCUT2D eigenvalue weighted by Crippen LogP contribution is -2.23. The van der Waals surface area contributed by atoms with Crippen LogP contribution in [0.15, 0.2) is 22.7 Å². The maximum absolute atomic E-state index is 13.3. The van der Waals surface area contributed by atoms with E-state index in [-0.39, 0.29) is 11.9 Å². The molecule has 0 spiro atoms. The molecular weight excluding hydrogens is 333 g/mol. The van der Waals surface area contributed by atoms with Gasteiger partial charge in [0.25, 0.3) is 0 Å². The first-order valence-electron chi connectivity index (χ1n) is 8.00. The quantitative estimate of drug-likeness (QED) is 0.708. The minimum Gasteiger partial charge on any atom is -0.378 e. The zero-order valence-corrected chi connectivity index (χ0v) is 14.3. The van der Waals surface area contributed by atoms with E-state index in [1.165, 1.54) is 12.8 Å². The molecule has 1 fully saturated rings. The maximum Gasteiger partial charge on any atom is 0.124 e. The molecule has 0 bridgehead atoms. The Labute approximate surface area is 135 Å². The van der Waals surface area contributed by atoms with Crippen LogP contribution in [0.1, 0.15) is 57.1 Å². The van der Waals surface area contributed by atoms with Crippen molar-refractivity contribution in [3.05, 3.63) is 34.1 Å². The standard InChI is InChI=1S/C17H25BrFNO/c1-2-10-20-17(7-3-5-14-6-4-11-21-14)15-9-8-13(19)12-16(15)18/h8-9,12,14,17,20H,2-7,10-11H2,1H3. The van der Waals surface area contributed by atoms with E-state index >= 15 is 0 Å². The fourth-order valence-electron chi connectivity index (χ4n) is 2.89. The highest BCUT2D eigenvalue weighted by atomic mass is 79.9. The fraction of sp³-hybridized carbons (Fsp3) is 0.647. The van der Waals surface area contributed by atoms with E-state index in [4.69, 9.17) is 4.74 Å². The summed E-state index contributed by atoms with van der Waals surface area (Å²) in [5, 5.41) is 3.58. The molecule has 1 aromatic rings. The normalized spacial score (nSPS) is 19.9. The minimum atomic E-state index is -0.195. The van der Waals surface area contributed by atoms with Gasteiger partial charge in [-0.15, -0.1) is 0 Å². The highest BCUT2D eigenvalue weighted by Gasteiger charge is 2.18. The summed E-state index contributed by atoms with van der Waals surface area (Å²) in [6, 6.07) is 5.26. The number of hydrogen-bond donors (Lipinski definition) is 1. The van der Waals surface area contributed by atoms with E-state index in [9.17, 15) is 4.39 Å². The number of nitrogens with one attached hydrogen (secondary N) is 1. The molecule has 1 aromatic carbocycles. The van der Waals surface area contributed by atoms with Crippen molar-refractivity contribution >= 4 is 15.9 Å². The van der Waals surface area contributed by atoms with Crippen molar-refractivity contribution in [2.24, 2.45) is 0 Å². The summed E-state index contributed by atoms with van der Waals surface area (Å²) in [7, 11) is 0. The van der Waals surface area contributed by atoms with Gasteiger partial charge in [-0.05, 0) is 62.8 Å². The van der Waals surface area contributed by atoms with Gasteiger partial charge in [0.1, 0.15) is 5.82 Å². The van der Waals surface area contributed by atoms with E-state index < -0.39 is 0 Å². The first-order valence-corrected chi connectivity index (χ1v) is 8.80. The highest BCUT2D eigenvalue weighted by Crippen LogP contribution is 2.29. The van der Waals surface area contributed by atoms with Gasteiger partial charge in [0, 0.05) is 17.1 Å². The smallest absolute Gasteiger partial charge is 0.124 e. The molecule has 1 N–H and O–H groups in total. The molecule has 2 atom stereocenters. The van der Waals surface area contributed by atoms with Crippen molar-refractivity contribution in [2.75, 3.05) is 13.2 Å². The van der Waals surface area contributed by atoms with Crippen molar-refractivity contribution in [3.8, 4) is 0 Å². The summed E-state index contributed by atoms with van der Waals surface area (Å²) in [5.41, 5.74) is 1.15. The summed E-state index contributed by atoms with van der Waals surface area (Å²) in [6.07, 6.45) is 7.27. The molecule has 0 saturated carbocycles. The largest absolute Gasteiger partial charge is 0.378 e. The second-order valence-corrected chi connectivity index (χ2v) is 6.59. The van der Waals surface area contributed by atoms with Crippen LogP contribution >= 0.6 is 15.9 Å². The molecule has 0 aliphatic carbocycles. The van der Waals surface area contributed by atoms with Gasteiger partial charge in [0.05, 0.1) is 6.10 Å². The van der Waals surface area contributed by atoms with E-state index in [1.54, 1.807) is 12.1 Å². The Balaban J connectivity index is 1.92. The second-order valence-electron chi connectivity index (χ2n) is 5.74. The Kier molecular flexibility index (Phi) is 7.14. The zero-order chi connectivity index (χ0) is 15.1. The van der Waals surface area contributed by atoms with Gasteiger partial charge in [-0.1, -0.05) is 28.9 Å². The van der Waals surface area contributed by atoms with Crippen LogP contribution in [-0.2, 0) is 4.74 Å². The van der Waals surface area contributed by atoms with Crippen LogP contribution in [0.25, 0.3) is 0 Å². The summed E-state index contributed by atoms with van der Waals surface area (Å²) in [5.74, 6) is -0.195. The van der Waals surface area contributed by atoms with Crippen LogP contribution in [0.2, 0.25) is 0 Å². The molecule has 2 unspecified atom stereocenters. The highest BCUT2D eigenvalue weighted by molar-refractivity contribution is 9.10. The number of benzene rings is 1. The molecule has 0 radical (unpaired) electrons. The van der Waals surface area contributed by atoms with Gasteiger partial charge >= 0.3 is 0 Å². The van der Waals surface area contributed by atoms with E-state index in [0.29, 0.717) is 6.10 Å².